The third-order valence-electron chi connectivity index (χ3n) is 4.17. The van der Waals surface area contributed by atoms with Crippen LogP contribution in [0, 0.1) is 17.7 Å². The summed E-state index contributed by atoms with van der Waals surface area (Å²) in [6, 6.07) is 24.9. The summed E-state index contributed by atoms with van der Waals surface area (Å²) in [4.78, 5) is 0. The molecule has 4 aromatic rings. The molecule has 0 saturated carbocycles. The van der Waals surface area contributed by atoms with Gasteiger partial charge in [0.05, 0.1) is 5.56 Å². The predicted octanol–water partition coefficient (Wildman–Crippen LogP) is 5.23. The molecule has 2 heteroatoms. The fourth-order valence-corrected chi connectivity index (χ4v) is 2.93. The molecule has 1 heterocycles. The molecular weight excluding hydrogens is 309 g/mol. The van der Waals surface area contributed by atoms with Crippen LogP contribution in [-0.2, 0) is 6.54 Å². The number of halogens is 1. The molecule has 120 valence electrons. The molecule has 4 rings (SSSR count). The molecule has 0 atom stereocenters. The Labute approximate surface area is 146 Å². The van der Waals surface area contributed by atoms with Gasteiger partial charge in [-0.1, -0.05) is 60.4 Å². The van der Waals surface area contributed by atoms with Crippen molar-refractivity contribution in [2.45, 2.75) is 6.54 Å². The molecule has 25 heavy (non-hydrogen) atoms. The van der Waals surface area contributed by atoms with Crippen molar-refractivity contribution in [1.29, 1.82) is 0 Å². The van der Waals surface area contributed by atoms with Crippen LogP contribution in [-0.4, -0.2) is 4.57 Å². The van der Waals surface area contributed by atoms with Crippen molar-refractivity contribution in [3.05, 3.63) is 108 Å². The number of para-hydroxylation sites is 1. The van der Waals surface area contributed by atoms with Gasteiger partial charge in [0.2, 0.25) is 0 Å². The average molecular weight is 325 g/mol. The molecule has 0 aliphatic carbocycles. The maximum Gasteiger partial charge on any atom is 0.123 e. The van der Waals surface area contributed by atoms with Crippen molar-refractivity contribution in [2.75, 3.05) is 0 Å². The summed E-state index contributed by atoms with van der Waals surface area (Å²) < 4.78 is 15.2. The third-order valence-corrected chi connectivity index (χ3v) is 4.17. The van der Waals surface area contributed by atoms with Crippen molar-refractivity contribution >= 4 is 10.9 Å². The highest BCUT2D eigenvalue weighted by Gasteiger charge is 2.06. The Morgan fingerprint density at radius 2 is 1.48 bits per heavy atom. The second-order valence-corrected chi connectivity index (χ2v) is 5.93. The first-order valence-corrected chi connectivity index (χ1v) is 8.19. The molecule has 0 saturated heterocycles. The van der Waals surface area contributed by atoms with Crippen LogP contribution in [0.3, 0.4) is 0 Å². The fourth-order valence-electron chi connectivity index (χ4n) is 2.93. The van der Waals surface area contributed by atoms with Gasteiger partial charge in [-0.3, -0.25) is 0 Å². The molecule has 1 nitrogen and oxygen atoms in total. The third kappa shape index (κ3) is 3.32. The van der Waals surface area contributed by atoms with Crippen LogP contribution in [0.15, 0.2) is 85.1 Å². The monoisotopic (exact) mass is 325 g/mol. The maximum atomic E-state index is 13.0. The summed E-state index contributed by atoms with van der Waals surface area (Å²) in [6.07, 6.45) is 2.09. The van der Waals surface area contributed by atoms with Crippen LogP contribution in [0.4, 0.5) is 4.39 Å². The van der Waals surface area contributed by atoms with Gasteiger partial charge in [0.25, 0.3) is 0 Å². The van der Waals surface area contributed by atoms with E-state index in [1.165, 1.54) is 17.7 Å². The molecule has 0 fully saturated rings. The normalized spacial score (nSPS) is 10.4. The number of nitrogens with zero attached hydrogens (tertiary/aromatic N) is 1. The first-order chi connectivity index (χ1) is 12.3. The molecule has 0 aliphatic heterocycles. The van der Waals surface area contributed by atoms with Gasteiger partial charge < -0.3 is 4.57 Å². The Morgan fingerprint density at radius 3 is 2.28 bits per heavy atom. The Morgan fingerprint density at radius 1 is 0.760 bits per heavy atom. The van der Waals surface area contributed by atoms with Crippen LogP contribution < -0.4 is 0 Å². The molecular formula is C23H16FN. The van der Waals surface area contributed by atoms with Gasteiger partial charge in [0.1, 0.15) is 5.82 Å². The first-order valence-electron chi connectivity index (χ1n) is 8.19. The number of hydrogen-bond acceptors (Lipinski definition) is 0. The standard InChI is InChI=1S/C23H16FN/c24-21-14-11-18(12-15-21)10-13-20-17-25(16-19-6-2-1-3-7-19)23-9-5-4-8-22(20)23/h1-9,11-12,14-15,17H,16H2. The van der Waals surface area contributed by atoms with Crippen LogP contribution in [0.1, 0.15) is 16.7 Å². The Balaban J connectivity index is 1.74. The minimum absolute atomic E-state index is 0.245. The van der Waals surface area contributed by atoms with Crippen LogP contribution in [0.25, 0.3) is 10.9 Å². The van der Waals surface area contributed by atoms with Crippen LogP contribution >= 0.6 is 0 Å². The number of fused-ring (bicyclic) bond motifs is 1. The van der Waals surface area contributed by atoms with E-state index in [1.54, 1.807) is 12.1 Å². The topological polar surface area (TPSA) is 4.93 Å². The molecule has 0 unspecified atom stereocenters. The SMILES string of the molecule is Fc1ccc(C#Cc2cn(Cc3ccccc3)c3ccccc23)cc1. The zero-order valence-electron chi connectivity index (χ0n) is 13.6. The van der Waals surface area contributed by atoms with Gasteiger partial charge in [0.15, 0.2) is 0 Å². The van der Waals surface area contributed by atoms with E-state index in [1.807, 2.05) is 18.2 Å². The minimum atomic E-state index is -0.245. The van der Waals surface area contributed by atoms with Gasteiger partial charge >= 0.3 is 0 Å². The molecule has 0 spiro atoms. The highest BCUT2D eigenvalue weighted by Crippen LogP contribution is 2.22. The van der Waals surface area contributed by atoms with Crippen molar-refractivity contribution < 1.29 is 4.39 Å². The number of benzene rings is 3. The highest BCUT2D eigenvalue weighted by atomic mass is 19.1. The van der Waals surface area contributed by atoms with Gasteiger partial charge in [-0.25, -0.2) is 4.39 Å². The summed E-state index contributed by atoms with van der Waals surface area (Å²) in [7, 11) is 0. The Bertz CT molecular complexity index is 1060. The lowest BCUT2D eigenvalue weighted by Gasteiger charge is -2.04. The zero-order chi connectivity index (χ0) is 17.1. The Kier molecular flexibility index (Phi) is 4.06. The van der Waals surface area contributed by atoms with Crippen molar-refractivity contribution in [1.82, 2.24) is 4.57 Å². The zero-order valence-corrected chi connectivity index (χ0v) is 13.6. The van der Waals surface area contributed by atoms with E-state index in [0.717, 1.165) is 28.6 Å². The smallest absolute Gasteiger partial charge is 0.123 e. The Hall–Kier alpha value is -3.31. The lowest BCUT2D eigenvalue weighted by molar-refractivity contribution is 0.627. The highest BCUT2D eigenvalue weighted by molar-refractivity contribution is 5.87. The number of hydrogen-bond donors (Lipinski definition) is 0. The summed E-state index contributed by atoms with van der Waals surface area (Å²) in [6.45, 7) is 0.805. The van der Waals surface area contributed by atoms with Gasteiger partial charge in [-0.05, 0) is 35.9 Å². The molecule has 0 bridgehead atoms. The molecule has 1 aromatic heterocycles. The van der Waals surface area contributed by atoms with E-state index in [2.05, 4.69) is 59.0 Å². The van der Waals surface area contributed by atoms with Crippen LogP contribution in [0.5, 0.6) is 0 Å². The minimum Gasteiger partial charge on any atom is -0.342 e. The van der Waals surface area contributed by atoms with Crippen molar-refractivity contribution in [3.63, 3.8) is 0 Å². The second kappa shape index (κ2) is 6.67. The van der Waals surface area contributed by atoms with E-state index in [9.17, 15) is 4.39 Å². The molecule has 0 N–H and O–H groups in total. The number of rotatable bonds is 2. The molecule has 0 amide bonds. The predicted molar refractivity (Wildman–Crippen MR) is 99.9 cm³/mol. The van der Waals surface area contributed by atoms with E-state index in [0.29, 0.717) is 0 Å². The van der Waals surface area contributed by atoms with Crippen LogP contribution in [0.2, 0.25) is 0 Å². The summed E-state index contributed by atoms with van der Waals surface area (Å²) in [5.41, 5.74) is 4.20. The lowest BCUT2D eigenvalue weighted by Crippen LogP contribution is -1.97. The van der Waals surface area contributed by atoms with Crippen molar-refractivity contribution in [3.8, 4) is 11.8 Å². The number of aromatic nitrogens is 1. The van der Waals surface area contributed by atoms with E-state index in [-0.39, 0.29) is 5.82 Å². The van der Waals surface area contributed by atoms with E-state index in [4.69, 9.17) is 0 Å². The lowest BCUT2D eigenvalue weighted by atomic mass is 10.1. The fraction of sp³-hybridized carbons (Fsp3) is 0.0435. The molecule has 0 aliphatic rings. The maximum absolute atomic E-state index is 13.0. The van der Waals surface area contributed by atoms with Gasteiger partial charge in [-0.15, -0.1) is 0 Å². The molecule has 0 radical (unpaired) electrons. The second-order valence-electron chi connectivity index (χ2n) is 5.93. The van der Waals surface area contributed by atoms with E-state index < -0.39 is 0 Å². The quantitative estimate of drug-likeness (QED) is 0.445. The summed E-state index contributed by atoms with van der Waals surface area (Å²) in [5.74, 6) is 6.12. The largest absolute Gasteiger partial charge is 0.342 e. The average Bonchev–Trinajstić information content (AvgIpc) is 3.00. The van der Waals surface area contributed by atoms with Gasteiger partial charge in [-0.2, -0.15) is 0 Å². The van der Waals surface area contributed by atoms with Gasteiger partial charge in [0, 0.05) is 29.2 Å². The summed E-state index contributed by atoms with van der Waals surface area (Å²) in [5, 5.41) is 1.13. The summed E-state index contributed by atoms with van der Waals surface area (Å²) >= 11 is 0. The first kappa shape index (κ1) is 15.2. The van der Waals surface area contributed by atoms with E-state index >= 15 is 0 Å². The van der Waals surface area contributed by atoms with Crippen molar-refractivity contribution in [2.24, 2.45) is 0 Å². The molecule has 3 aromatic carbocycles.